The van der Waals surface area contributed by atoms with E-state index in [4.69, 9.17) is 16.3 Å². The predicted octanol–water partition coefficient (Wildman–Crippen LogP) is 3.98. The van der Waals surface area contributed by atoms with Crippen molar-refractivity contribution in [1.29, 1.82) is 0 Å². The SMILES string of the molecule is COc1ccc2c3c(cc(C(O)CN(C)C)c2c1Cl)CCCC3. The largest absolute Gasteiger partial charge is 0.495 e. The van der Waals surface area contributed by atoms with E-state index < -0.39 is 6.10 Å². The van der Waals surface area contributed by atoms with E-state index >= 15 is 0 Å². The fraction of sp³-hybridized carbons (Fsp3) is 0.474. The van der Waals surface area contributed by atoms with Gasteiger partial charge in [0.1, 0.15) is 5.75 Å². The normalized spacial score (nSPS) is 15.7. The van der Waals surface area contributed by atoms with Gasteiger partial charge in [-0.3, -0.25) is 0 Å². The van der Waals surface area contributed by atoms with E-state index in [2.05, 4.69) is 12.1 Å². The Morgan fingerprint density at radius 2 is 2.00 bits per heavy atom. The second-order valence-electron chi connectivity index (χ2n) is 6.59. The number of benzene rings is 2. The van der Waals surface area contributed by atoms with Gasteiger partial charge < -0.3 is 14.7 Å². The molecule has 0 radical (unpaired) electrons. The number of aliphatic hydroxyl groups is 1. The molecule has 0 saturated heterocycles. The maximum Gasteiger partial charge on any atom is 0.138 e. The van der Waals surface area contributed by atoms with Crippen LogP contribution in [0, 0.1) is 0 Å². The monoisotopic (exact) mass is 333 g/mol. The van der Waals surface area contributed by atoms with Gasteiger partial charge in [0.25, 0.3) is 0 Å². The van der Waals surface area contributed by atoms with Crippen molar-refractivity contribution >= 4 is 22.4 Å². The third-order valence-electron chi connectivity index (χ3n) is 4.68. The summed E-state index contributed by atoms with van der Waals surface area (Å²) in [5.41, 5.74) is 3.66. The summed E-state index contributed by atoms with van der Waals surface area (Å²) in [6, 6.07) is 6.19. The highest BCUT2D eigenvalue weighted by Crippen LogP contribution is 2.41. The fourth-order valence-corrected chi connectivity index (χ4v) is 3.96. The first kappa shape index (κ1) is 16.6. The molecule has 4 heteroatoms. The van der Waals surface area contributed by atoms with Crippen molar-refractivity contribution in [2.75, 3.05) is 27.7 Å². The number of ether oxygens (including phenoxy) is 1. The lowest BCUT2D eigenvalue weighted by atomic mass is 9.84. The zero-order valence-corrected chi connectivity index (χ0v) is 14.8. The van der Waals surface area contributed by atoms with Crippen LogP contribution in [0.15, 0.2) is 18.2 Å². The number of rotatable bonds is 4. The van der Waals surface area contributed by atoms with Crippen molar-refractivity contribution in [3.05, 3.63) is 39.9 Å². The van der Waals surface area contributed by atoms with Gasteiger partial charge in [-0.25, -0.2) is 0 Å². The van der Waals surface area contributed by atoms with Gasteiger partial charge in [0, 0.05) is 11.9 Å². The highest BCUT2D eigenvalue weighted by atomic mass is 35.5. The van der Waals surface area contributed by atoms with Crippen LogP contribution in [0.4, 0.5) is 0 Å². The van der Waals surface area contributed by atoms with Crippen molar-refractivity contribution in [2.45, 2.75) is 31.8 Å². The molecule has 0 amide bonds. The second-order valence-corrected chi connectivity index (χ2v) is 6.97. The molecule has 1 aliphatic carbocycles. The van der Waals surface area contributed by atoms with Gasteiger partial charge in [-0.1, -0.05) is 23.7 Å². The molecule has 0 saturated carbocycles. The van der Waals surface area contributed by atoms with Crippen LogP contribution < -0.4 is 4.74 Å². The van der Waals surface area contributed by atoms with E-state index in [-0.39, 0.29) is 0 Å². The lowest BCUT2D eigenvalue weighted by Crippen LogP contribution is -2.21. The van der Waals surface area contributed by atoms with Crippen LogP contribution in [0.1, 0.15) is 35.6 Å². The molecule has 2 aromatic carbocycles. The Kier molecular flexibility index (Phi) is 4.81. The molecular weight excluding hydrogens is 310 g/mol. The summed E-state index contributed by atoms with van der Waals surface area (Å²) in [6.45, 7) is 0.571. The molecule has 0 aromatic heterocycles. The number of halogens is 1. The van der Waals surface area contributed by atoms with Gasteiger partial charge in [0.2, 0.25) is 0 Å². The summed E-state index contributed by atoms with van der Waals surface area (Å²) < 4.78 is 5.39. The Hall–Kier alpha value is -1.29. The number of aliphatic hydroxyl groups excluding tert-OH is 1. The molecule has 0 heterocycles. The van der Waals surface area contributed by atoms with Crippen molar-refractivity contribution in [1.82, 2.24) is 4.90 Å². The van der Waals surface area contributed by atoms with Crippen LogP contribution in [0.5, 0.6) is 5.75 Å². The van der Waals surface area contributed by atoms with Crippen LogP contribution in [0.3, 0.4) is 0 Å². The van der Waals surface area contributed by atoms with E-state index in [1.54, 1.807) is 7.11 Å². The molecule has 1 unspecified atom stereocenters. The van der Waals surface area contributed by atoms with Gasteiger partial charge >= 0.3 is 0 Å². The number of likely N-dealkylation sites (N-methyl/N-ethyl adjacent to an activating group) is 1. The number of methoxy groups -OCH3 is 1. The third kappa shape index (κ3) is 3.06. The molecule has 3 rings (SSSR count). The highest BCUT2D eigenvalue weighted by molar-refractivity contribution is 6.37. The fourth-order valence-electron chi connectivity index (χ4n) is 3.61. The zero-order valence-electron chi connectivity index (χ0n) is 14.0. The Labute approximate surface area is 142 Å². The van der Waals surface area contributed by atoms with Crippen LogP contribution in [0.25, 0.3) is 10.8 Å². The lowest BCUT2D eigenvalue weighted by Gasteiger charge is -2.25. The third-order valence-corrected chi connectivity index (χ3v) is 5.05. The Bertz CT molecular complexity index is 727. The van der Waals surface area contributed by atoms with Crippen LogP contribution >= 0.6 is 11.6 Å². The first-order valence-corrected chi connectivity index (χ1v) is 8.54. The van der Waals surface area contributed by atoms with E-state index in [9.17, 15) is 5.11 Å². The second kappa shape index (κ2) is 6.68. The Morgan fingerprint density at radius 3 is 2.70 bits per heavy atom. The van der Waals surface area contributed by atoms with Crippen molar-refractivity contribution < 1.29 is 9.84 Å². The molecule has 0 aliphatic heterocycles. The number of fused-ring (bicyclic) bond motifs is 3. The molecule has 124 valence electrons. The standard InChI is InChI=1S/C19H24ClNO2/c1-21(2)11-16(22)15-10-12-6-4-5-7-13(12)14-8-9-17(23-3)19(20)18(14)15/h8-10,16,22H,4-7,11H2,1-3H3. The molecule has 1 N–H and O–H groups in total. The number of aryl methyl sites for hydroxylation is 2. The van der Waals surface area contributed by atoms with E-state index in [0.29, 0.717) is 17.3 Å². The lowest BCUT2D eigenvalue weighted by molar-refractivity contribution is 0.139. The van der Waals surface area contributed by atoms with Crippen LogP contribution in [-0.4, -0.2) is 37.8 Å². The molecule has 23 heavy (non-hydrogen) atoms. The molecule has 0 fully saturated rings. The van der Waals surface area contributed by atoms with E-state index in [1.807, 2.05) is 25.1 Å². The summed E-state index contributed by atoms with van der Waals surface area (Å²) in [5, 5.41) is 13.5. The number of nitrogens with zero attached hydrogens (tertiary/aromatic N) is 1. The summed E-state index contributed by atoms with van der Waals surface area (Å²) >= 11 is 6.62. The van der Waals surface area contributed by atoms with Crippen molar-refractivity contribution in [2.24, 2.45) is 0 Å². The summed E-state index contributed by atoms with van der Waals surface area (Å²) in [4.78, 5) is 1.99. The molecule has 3 nitrogen and oxygen atoms in total. The average molecular weight is 334 g/mol. The molecule has 1 aliphatic rings. The van der Waals surface area contributed by atoms with Gasteiger partial charge in [0.15, 0.2) is 0 Å². The van der Waals surface area contributed by atoms with Crippen LogP contribution in [0.2, 0.25) is 5.02 Å². The zero-order chi connectivity index (χ0) is 16.6. The molecule has 2 aromatic rings. The molecule has 0 spiro atoms. The summed E-state index contributed by atoms with van der Waals surface area (Å²) in [5.74, 6) is 0.660. The van der Waals surface area contributed by atoms with Crippen molar-refractivity contribution in [3.63, 3.8) is 0 Å². The number of hydrogen-bond donors (Lipinski definition) is 1. The van der Waals surface area contributed by atoms with Crippen LogP contribution in [-0.2, 0) is 12.8 Å². The van der Waals surface area contributed by atoms with Crippen molar-refractivity contribution in [3.8, 4) is 5.75 Å². The minimum absolute atomic E-state index is 0.565. The maximum atomic E-state index is 10.7. The molecular formula is C19H24ClNO2. The molecule has 0 bridgehead atoms. The summed E-state index contributed by atoms with van der Waals surface area (Å²) in [7, 11) is 5.55. The van der Waals surface area contributed by atoms with E-state index in [1.165, 1.54) is 29.4 Å². The van der Waals surface area contributed by atoms with Gasteiger partial charge in [-0.2, -0.15) is 0 Å². The highest BCUT2D eigenvalue weighted by Gasteiger charge is 2.22. The van der Waals surface area contributed by atoms with Gasteiger partial charge in [-0.15, -0.1) is 0 Å². The predicted molar refractivity (Wildman–Crippen MR) is 95.7 cm³/mol. The topological polar surface area (TPSA) is 32.7 Å². The number of hydrogen-bond acceptors (Lipinski definition) is 3. The van der Waals surface area contributed by atoms with Gasteiger partial charge in [-0.05, 0) is 67.9 Å². The van der Waals surface area contributed by atoms with Gasteiger partial charge in [0.05, 0.1) is 18.2 Å². The Morgan fingerprint density at radius 1 is 1.26 bits per heavy atom. The first-order chi connectivity index (χ1) is 11.0. The quantitative estimate of drug-likeness (QED) is 0.918. The smallest absolute Gasteiger partial charge is 0.138 e. The average Bonchev–Trinajstić information content (AvgIpc) is 2.53. The minimum Gasteiger partial charge on any atom is -0.495 e. The maximum absolute atomic E-state index is 10.7. The summed E-state index contributed by atoms with van der Waals surface area (Å²) in [6.07, 6.45) is 4.02. The Balaban J connectivity index is 2.28. The van der Waals surface area contributed by atoms with E-state index in [0.717, 1.165) is 23.8 Å². The first-order valence-electron chi connectivity index (χ1n) is 8.16. The molecule has 1 atom stereocenters. The minimum atomic E-state index is -0.565.